The zero-order valence-electron chi connectivity index (χ0n) is 12.2. The molecule has 0 aliphatic rings. The first kappa shape index (κ1) is 14.7. The summed E-state index contributed by atoms with van der Waals surface area (Å²) in [7, 11) is 3.25. The van der Waals surface area contributed by atoms with Gasteiger partial charge in [-0.1, -0.05) is 24.3 Å². The molecule has 110 valence electrons. The van der Waals surface area contributed by atoms with Gasteiger partial charge in [0.05, 0.1) is 26.5 Å². The lowest BCUT2D eigenvalue weighted by Gasteiger charge is -2.10. The molecule has 0 aliphatic heterocycles. The van der Waals surface area contributed by atoms with Crippen molar-refractivity contribution < 1.29 is 9.47 Å². The molecule has 5 nitrogen and oxygen atoms in total. The standard InChI is InChI=1S/C16H19N3O2/c1-20-13-7-5-6-12(10-13)11-18-16(17)19-14-8-3-4-9-15(14)21-2/h3-10H,11H2,1-2H3,(H3,17,18,19). The summed E-state index contributed by atoms with van der Waals surface area (Å²) in [6.45, 7) is 0.477. The van der Waals surface area contributed by atoms with Gasteiger partial charge in [0, 0.05) is 0 Å². The van der Waals surface area contributed by atoms with Crippen molar-refractivity contribution >= 4 is 11.6 Å². The molecule has 0 aromatic heterocycles. The van der Waals surface area contributed by atoms with E-state index in [1.54, 1.807) is 14.2 Å². The molecule has 0 saturated carbocycles. The quantitative estimate of drug-likeness (QED) is 0.654. The number of hydrogen-bond donors (Lipinski definition) is 2. The topological polar surface area (TPSA) is 68.9 Å². The molecule has 0 aliphatic carbocycles. The van der Waals surface area contributed by atoms with E-state index in [1.807, 2.05) is 48.5 Å². The monoisotopic (exact) mass is 285 g/mol. The highest BCUT2D eigenvalue weighted by molar-refractivity contribution is 5.93. The molecule has 2 aromatic carbocycles. The summed E-state index contributed by atoms with van der Waals surface area (Å²) < 4.78 is 10.4. The van der Waals surface area contributed by atoms with Crippen molar-refractivity contribution in [3.05, 3.63) is 54.1 Å². The number of guanidine groups is 1. The fraction of sp³-hybridized carbons (Fsp3) is 0.188. The van der Waals surface area contributed by atoms with Crippen LogP contribution in [0.4, 0.5) is 5.69 Å². The Morgan fingerprint density at radius 3 is 2.67 bits per heavy atom. The molecule has 0 spiro atoms. The van der Waals surface area contributed by atoms with Crippen LogP contribution in [0.25, 0.3) is 0 Å². The van der Waals surface area contributed by atoms with E-state index in [1.165, 1.54) is 0 Å². The third-order valence-corrected chi connectivity index (χ3v) is 2.94. The van der Waals surface area contributed by atoms with Crippen LogP contribution in [-0.2, 0) is 6.54 Å². The predicted molar refractivity (Wildman–Crippen MR) is 84.9 cm³/mol. The minimum absolute atomic E-state index is 0.335. The highest BCUT2D eigenvalue weighted by atomic mass is 16.5. The molecule has 2 aromatic rings. The first-order valence-electron chi connectivity index (χ1n) is 6.56. The van der Waals surface area contributed by atoms with E-state index in [9.17, 15) is 0 Å². The number of nitrogens with zero attached hydrogens (tertiary/aromatic N) is 1. The molecule has 3 N–H and O–H groups in total. The van der Waals surface area contributed by atoms with Crippen molar-refractivity contribution in [1.29, 1.82) is 0 Å². The summed E-state index contributed by atoms with van der Waals surface area (Å²) in [6, 6.07) is 15.3. The third kappa shape index (κ3) is 4.14. The van der Waals surface area contributed by atoms with Gasteiger partial charge >= 0.3 is 0 Å². The van der Waals surface area contributed by atoms with Gasteiger partial charge in [0.1, 0.15) is 11.5 Å². The molecule has 2 rings (SSSR count). The van der Waals surface area contributed by atoms with Gasteiger partial charge in [-0.2, -0.15) is 0 Å². The Morgan fingerprint density at radius 1 is 1.10 bits per heavy atom. The Labute approximate surface area is 124 Å². The summed E-state index contributed by atoms with van der Waals surface area (Å²) in [5.41, 5.74) is 7.71. The molecule has 0 unspecified atom stereocenters. The second-order valence-electron chi connectivity index (χ2n) is 4.38. The van der Waals surface area contributed by atoms with Crippen LogP contribution in [0.15, 0.2) is 53.5 Å². The number of ether oxygens (including phenoxy) is 2. The van der Waals surface area contributed by atoms with Gasteiger partial charge in [-0.3, -0.25) is 0 Å². The van der Waals surface area contributed by atoms with Gasteiger partial charge in [0.15, 0.2) is 5.96 Å². The molecular weight excluding hydrogens is 266 g/mol. The minimum Gasteiger partial charge on any atom is -0.497 e. The number of benzene rings is 2. The highest BCUT2D eigenvalue weighted by Crippen LogP contribution is 2.22. The van der Waals surface area contributed by atoms with Gasteiger partial charge in [-0.15, -0.1) is 0 Å². The van der Waals surface area contributed by atoms with E-state index >= 15 is 0 Å². The fourth-order valence-electron chi connectivity index (χ4n) is 1.87. The number of methoxy groups -OCH3 is 2. The van der Waals surface area contributed by atoms with Crippen molar-refractivity contribution in [2.24, 2.45) is 10.7 Å². The second-order valence-corrected chi connectivity index (χ2v) is 4.38. The molecule has 0 bridgehead atoms. The van der Waals surface area contributed by atoms with Crippen molar-refractivity contribution in [3.8, 4) is 11.5 Å². The molecule has 0 amide bonds. The maximum Gasteiger partial charge on any atom is 0.193 e. The van der Waals surface area contributed by atoms with Crippen molar-refractivity contribution in [3.63, 3.8) is 0 Å². The van der Waals surface area contributed by atoms with Crippen LogP contribution in [0, 0.1) is 0 Å². The molecule has 5 heteroatoms. The molecular formula is C16H19N3O2. The Morgan fingerprint density at radius 2 is 1.90 bits per heavy atom. The largest absolute Gasteiger partial charge is 0.497 e. The number of hydrogen-bond acceptors (Lipinski definition) is 3. The smallest absolute Gasteiger partial charge is 0.193 e. The minimum atomic E-state index is 0.335. The van der Waals surface area contributed by atoms with Crippen molar-refractivity contribution in [2.75, 3.05) is 19.5 Å². The second kappa shape index (κ2) is 7.19. The summed E-state index contributed by atoms with van der Waals surface area (Å²) in [4.78, 5) is 4.31. The Balaban J connectivity index is 2.04. The maximum absolute atomic E-state index is 5.90. The highest BCUT2D eigenvalue weighted by Gasteiger charge is 2.02. The average Bonchev–Trinajstić information content (AvgIpc) is 2.53. The van der Waals surface area contributed by atoms with Crippen molar-refractivity contribution in [2.45, 2.75) is 6.54 Å². The van der Waals surface area contributed by atoms with Gasteiger partial charge in [-0.05, 0) is 29.8 Å². The van der Waals surface area contributed by atoms with Crippen LogP contribution in [0.5, 0.6) is 11.5 Å². The van der Waals surface area contributed by atoms with Gasteiger partial charge < -0.3 is 20.5 Å². The molecule has 0 atom stereocenters. The van der Waals surface area contributed by atoms with E-state index < -0.39 is 0 Å². The number of anilines is 1. The summed E-state index contributed by atoms with van der Waals surface area (Å²) in [5, 5.41) is 3.03. The third-order valence-electron chi connectivity index (χ3n) is 2.94. The predicted octanol–water partition coefficient (Wildman–Crippen LogP) is 2.63. The van der Waals surface area contributed by atoms with Crippen molar-refractivity contribution in [1.82, 2.24) is 0 Å². The Kier molecular flexibility index (Phi) is 5.04. The first-order chi connectivity index (χ1) is 10.2. The Hall–Kier alpha value is -2.69. The van der Waals surface area contributed by atoms with Crippen LogP contribution in [-0.4, -0.2) is 20.2 Å². The lowest BCUT2D eigenvalue weighted by molar-refractivity contribution is 0.414. The van der Waals surface area contributed by atoms with E-state index in [-0.39, 0.29) is 0 Å². The number of para-hydroxylation sites is 2. The number of rotatable bonds is 5. The van der Waals surface area contributed by atoms with Gasteiger partial charge in [0.2, 0.25) is 0 Å². The van der Waals surface area contributed by atoms with Crippen LogP contribution in [0.1, 0.15) is 5.56 Å². The molecule has 0 heterocycles. The molecule has 0 radical (unpaired) electrons. The number of aliphatic imine (C=N–C) groups is 1. The molecule has 0 fully saturated rings. The normalized spacial score (nSPS) is 11.0. The maximum atomic E-state index is 5.90. The first-order valence-corrected chi connectivity index (χ1v) is 6.56. The zero-order valence-corrected chi connectivity index (χ0v) is 12.2. The fourth-order valence-corrected chi connectivity index (χ4v) is 1.87. The summed E-state index contributed by atoms with van der Waals surface area (Å²) in [5.74, 6) is 1.86. The average molecular weight is 285 g/mol. The van der Waals surface area contributed by atoms with Gasteiger partial charge in [-0.25, -0.2) is 4.99 Å². The lowest BCUT2D eigenvalue weighted by Crippen LogP contribution is -2.22. The molecule has 0 saturated heterocycles. The molecule has 21 heavy (non-hydrogen) atoms. The number of nitrogens with two attached hydrogens (primary N) is 1. The summed E-state index contributed by atoms with van der Waals surface area (Å²) in [6.07, 6.45) is 0. The number of nitrogens with one attached hydrogen (secondary N) is 1. The lowest BCUT2D eigenvalue weighted by atomic mass is 10.2. The SMILES string of the molecule is COc1cccc(CN=C(N)Nc2ccccc2OC)c1. The van der Waals surface area contributed by atoms with Crippen LogP contribution in [0.2, 0.25) is 0 Å². The van der Waals surface area contributed by atoms with E-state index in [2.05, 4.69) is 10.3 Å². The zero-order chi connectivity index (χ0) is 15.1. The van der Waals surface area contributed by atoms with E-state index in [4.69, 9.17) is 15.2 Å². The van der Waals surface area contributed by atoms with Crippen LogP contribution >= 0.6 is 0 Å². The van der Waals surface area contributed by atoms with Gasteiger partial charge in [0.25, 0.3) is 0 Å². The Bertz CT molecular complexity index is 626. The van der Waals surface area contributed by atoms with E-state index in [0.29, 0.717) is 12.5 Å². The summed E-state index contributed by atoms with van der Waals surface area (Å²) >= 11 is 0. The van der Waals surface area contributed by atoms with E-state index in [0.717, 1.165) is 22.7 Å². The van der Waals surface area contributed by atoms with Crippen LogP contribution < -0.4 is 20.5 Å². The van der Waals surface area contributed by atoms with Crippen LogP contribution in [0.3, 0.4) is 0 Å².